The van der Waals surface area contributed by atoms with Crippen LogP contribution in [0.5, 0.6) is 0 Å². The predicted octanol–water partition coefficient (Wildman–Crippen LogP) is 3.19. The average Bonchev–Trinajstić information content (AvgIpc) is 3.17. The number of fused-ring (bicyclic) bond motifs is 1. The second-order valence-corrected chi connectivity index (χ2v) is 7.65. The van der Waals surface area contributed by atoms with E-state index in [-0.39, 0.29) is 11.8 Å². The van der Waals surface area contributed by atoms with E-state index in [2.05, 4.69) is 26.3 Å². The maximum atomic E-state index is 12.8. The summed E-state index contributed by atoms with van der Waals surface area (Å²) in [5, 5.41) is 4.64. The number of carbonyl (C=O) groups is 1. The number of rotatable bonds is 7. The van der Waals surface area contributed by atoms with Crippen LogP contribution in [0.1, 0.15) is 23.5 Å². The van der Waals surface area contributed by atoms with Gasteiger partial charge in [0, 0.05) is 61.8 Å². The van der Waals surface area contributed by atoms with Crippen molar-refractivity contribution in [2.75, 3.05) is 39.4 Å². The number of hydrogen-bond acceptors (Lipinski definition) is 4. The van der Waals surface area contributed by atoms with Crippen molar-refractivity contribution in [1.82, 2.24) is 20.2 Å². The summed E-state index contributed by atoms with van der Waals surface area (Å²) >= 11 is 5.97. The van der Waals surface area contributed by atoms with Crippen LogP contribution < -0.4 is 5.32 Å². The first kappa shape index (κ1) is 19.9. The molecule has 0 spiro atoms. The summed E-state index contributed by atoms with van der Waals surface area (Å²) in [4.78, 5) is 22.6. The van der Waals surface area contributed by atoms with Gasteiger partial charge in [-0.2, -0.15) is 0 Å². The number of nitrogens with one attached hydrogen (secondary N) is 2. The van der Waals surface area contributed by atoms with Crippen molar-refractivity contribution < 1.29 is 9.53 Å². The van der Waals surface area contributed by atoms with E-state index in [9.17, 15) is 4.79 Å². The van der Waals surface area contributed by atoms with E-state index < -0.39 is 0 Å². The van der Waals surface area contributed by atoms with Crippen LogP contribution in [0.4, 0.5) is 0 Å². The molecule has 2 N–H and O–H groups in total. The van der Waals surface area contributed by atoms with E-state index in [1.165, 1.54) is 0 Å². The minimum atomic E-state index is -0.0979. The fourth-order valence-corrected chi connectivity index (χ4v) is 3.93. The lowest BCUT2D eigenvalue weighted by atomic mass is 9.89. The lowest BCUT2D eigenvalue weighted by molar-refractivity contribution is -0.121. The van der Waals surface area contributed by atoms with Crippen LogP contribution >= 0.6 is 11.6 Å². The summed E-state index contributed by atoms with van der Waals surface area (Å²) in [6, 6.07) is 11.9. The van der Waals surface area contributed by atoms with Gasteiger partial charge >= 0.3 is 0 Å². The summed E-state index contributed by atoms with van der Waals surface area (Å²) in [6.45, 7) is 4.85. The van der Waals surface area contributed by atoms with Crippen LogP contribution in [0.3, 0.4) is 0 Å². The molecule has 4 rings (SSSR count). The van der Waals surface area contributed by atoms with E-state index in [0.29, 0.717) is 18.1 Å². The number of aromatic amines is 1. The van der Waals surface area contributed by atoms with Gasteiger partial charge in [-0.25, -0.2) is 4.98 Å². The Morgan fingerprint density at radius 1 is 1.24 bits per heavy atom. The highest BCUT2D eigenvalue weighted by atomic mass is 35.5. The smallest absolute Gasteiger partial charge is 0.220 e. The standard InChI is InChI=1S/C22H25ClN4O2/c23-21-6-5-16(14-26-21)18(19-15-25-20-4-2-1-3-17(19)20)13-22(28)24-7-8-27-9-11-29-12-10-27/h1-6,14-15,18,25H,7-13H2,(H,24,28). The van der Waals surface area contributed by atoms with E-state index >= 15 is 0 Å². The van der Waals surface area contributed by atoms with E-state index in [1.807, 2.05) is 30.5 Å². The summed E-state index contributed by atoms with van der Waals surface area (Å²) < 4.78 is 5.37. The predicted molar refractivity (Wildman–Crippen MR) is 114 cm³/mol. The second-order valence-electron chi connectivity index (χ2n) is 7.26. The molecule has 3 aromatic rings. The molecular formula is C22H25ClN4O2. The number of para-hydroxylation sites is 1. The van der Waals surface area contributed by atoms with Gasteiger partial charge in [0.1, 0.15) is 5.15 Å². The lowest BCUT2D eigenvalue weighted by Crippen LogP contribution is -2.41. The zero-order valence-electron chi connectivity index (χ0n) is 16.2. The Labute approximate surface area is 175 Å². The first-order valence-electron chi connectivity index (χ1n) is 9.95. The third-order valence-corrected chi connectivity index (χ3v) is 5.62. The molecule has 1 amide bonds. The minimum absolute atomic E-state index is 0.0310. The van der Waals surface area contributed by atoms with Crippen LogP contribution in [0.2, 0.25) is 5.15 Å². The molecule has 1 aromatic carbocycles. The van der Waals surface area contributed by atoms with Crippen LogP contribution in [0.25, 0.3) is 10.9 Å². The van der Waals surface area contributed by atoms with Gasteiger partial charge in [0.2, 0.25) is 5.91 Å². The van der Waals surface area contributed by atoms with Gasteiger partial charge in [-0.3, -0.25) is 9.69 Å². The van der Waals surface area contributed by atoms with Gasteiger partial charge in [-0.05, 0) is 23.3 Å². The van der Waals surface area contributed by atoms with Gasteiger partial charge in [0.05, 0.1) is 13.2 Å². The largest absolute Gasteiger partial charge is 0.379 e. The Morgan fingerprint density at radius 2 is 2.07 bits per heavy atom. The highest BCUT2D eigenvalue weighted by Gasteiger charge is 2.22. The molecule has 1 fully saturated rings. The van der Waals surface area contributed by atoms with E-state index in [0.717, 1.165) is 54.9 Å². The van der Waals surface area contributed by atoms with E-state index in [4.69, 9.17) is 16.3 Å². The summed E-state index contributed by atoms with van der Waals surface area (Å²) in [5.74, 6) is -0.0669. The van der Waals surface area contributed by atoms with Crippen LogP contribution in [0.15, 0.2) is 48.8 Å². The molecule has 2 aromatic heterocycles. The number of carbonyl (C=O) groups excluding carboxylic acids is 1. The Kier molecular flexibility index (Phi) is 6.44. The molecule has 1 saturated heterocycles. The third kappa shape index (κ3) is 4.96. The molecule has 0 saturated carbocycles. The first-order chi connectivity index (χ1) is 14.2. The Hall–Kier alpha value is -2.41. The molecule has 1 atom stereocenters. The number of hydrogen-bond donors (Lipinski definition) is 2. The van der Waals surface area contributed by atoms with Gasteiger partial charge in [-0.1, -0.05) is 35.9 Å². The minimum Gasteiger partial charge on any atom is -0.379 e. The lowest BCUT2D eigenvalue weighted by Gasteiger charge is -2.26. The number of H-pyrrole nitrogens is 1. The van der Waals surface area contributed by atoms with E-state index in [1.54, 1.807) is 12.3 Å². The van der Waals surface area contributed by atoms with Gasteiger partial charge < -0.3 is 15.0 Å². The number of benzene rings is 1. The van der Waals surface area contributed by atoms with Gasteiger partial charge in [-0.15, -0.1) is 0 Å². The maximum Gasteiger partial charge on any atom is 0.220 e. The number of ether oxygens (including phenoxy) is 1. The number of pyridine rings is 1. The Bertz CT molecular complexity index is 951. The van der Waals surface area contributed by atoms with Gasteiger partial charge in [0.25, 0.3) is 0 Å². The number of aromatic nitrogens is 2. The third-order valence-electron chi connectivity index (χ3n) is 5.39. The number of amides is 1. The highest BCUT2D eigenvalue weighted by molar-refractivity contribution is 6.29. The first-order valence-corrected chi connectivity index (χ1v) is 10.3. The van der Waals surface area contributed by atoms with Crippen molar-refractivity contribution in [3.05, 3.63) is 65.1 Å². The molecule has 3 heterocycles. The van der Waals surface area contributed by atoms with Crippen LogP contribution in [0, 0.1) is 0 Å². The number of morpholine rings is 1. The summed E-state index contributed by atoms with van der Waals surface area (Å²) in [7, 11) is 0. The molecule has 1 unspecified atom stereocenters. The second kappa shape index (κ2) is 9.39. The number of halogens is 1. The fraction of sp³-hybridized carbons (Fsp3) is 0.364. The monoisotopic (exact) mass is 412 g/mol. The van der Waals surface area contributed by atoms with Gasteiger partial charge in [0.15, 0.2) is 0 Å². The summed E-state index contributed by atoms with van der Waals surface area (Å²) in [5.41, 5.74) is 3.12. The zero-order chi connectivity index (χ0) is 20.1. The highest BCUT2D eigenvalue weighted by Crippen LogP contribution is 2.33. The molecule has 0 radical (unpaired) electrons. The Balaban J connectivity index is 1.48. The van der Waals surface area contributed by atoms with Crippen LogP contribution in [-0.4, -0.2) is 60.2 Å². The summed E-state index contributed by atoms with van der Waals surface area (Å²) in [6.07, 6.45) is 4.11. The van der Waals surface area contributed by atoms with Crippen molar-refractivity contribution in [2.45, 2.75) is 12.3 Å². The molecular weight excluding hydrogens is 388 g/mol. The Morgan fingerprint density at radius 3 is 2.86 bits per heavy atom. The molecule has 29 heavy (non-hydrogen) atoms. The van der Waals surface area contributed by atoms with Crippen LogP contribution in [-0.2, 0) is 9.53 Å². The van der Waals surface area contributed by atoms with Crippen molar-refractivity contribution in [3.63, 3.8) is 0 Å². The van der Waals surface area contributed by atoms with Crippen molar-refractivity contribution in [1.29, 1.82) is 0 Å². The average molecular weight is 413 g/mol. The molecule has 6 nitrogen and oxygen atoms in total. The fourth-order valence-electron chi connectivity index (χ4n) is 3.82. The van der Waals surface area contributed by atoms with Crippen molar-refractivity contribution in [3.8, 4) is 0 Å². The number of nitrogens with zero attached hydrogens (tertiary/aromatic N) is 2. The quantitative estimate of drug-likeness (QED) is 0.585. The molecule has 0 aliphatic carbocycles. The topological polar surface area (TPSA) is 70.2 Å². The van der Waals surface area contributed by atoms with Crippen molar-refractivity contribution >= 4 is 28.4 Å². The SMILES string of the molecule is O=C(CC(c1ccc(Cl)nc1)c1c[nH]c2ccccc12)NCCN1CCOCC1. The molecule has 7 heteroatoms. The van der Waals surface area contributed by atoms with Crippen molar-refractivity contribution in [2.24, 2.45) is 0 Å². The molecule has 1 aliphatic rings. The maximum absolute atomic E-state index is 12.8. The molecule has 1 aliphatic heterocycles. The molecule has 152 valence electrons. The zero-order valence-corrected chi connectivity index (χ0v) is 17.0. The molecule has 0 bridgehead atoms. The normalized spacial score (nSPS) is 16.0.